The second kappa shape index (κ2) is 10.5. The van der Waals surface area contributed by atoms with Gasteiger partial charge in [0, 0.05) is 16.8 Å². The largest absolute Gasteiger partial charge is 0.310 e. The quantitative estimate of drug-likeness (QED) is 0.188. The molecule has 10 rings (SSSR count). The molecule has 0 amide bonds. The maximum absolute atomic E-state index is 2.54. The molecule has 1 heteroatoms. The summed E-state index contributed by atoms with van der Waals surface area (Å²) in [5, 5.41) is 5.11. The third-order valence-electron chi connectivity index (χ3n) is 11.0. The van der Waals surface area contributed by atoms with Crippen molar-refractivity contribution in [2.24, 2.45) is 0 Å². The molecule has 2 aliphatic carbocycles. The standard InChI is InChI=1S/C48H35N/c1-31(2)32-24-27-35(28-25-32)49(34-15-4-3-5-16-34)45-30-44-47(40-21-9-8-20-39(40)45)46-36-17-7-6-14-33(36)26-29-43(46)48(44)41-22-12-10-18-37(41)38-19-11-13-23-42(38)48/h3-31H,1-2H3. The van der Waals surface area contributed by atoms with Crippen LogP contribution in [-0.2, 0) is 5.41 Å². The fourth-order valence-corrected chi connectivity index (χ4v) is 8.93. The lowest BCUT2D eigenvalue weighted by Gasteiger charge is -2.33. The minimum Gasteiger partial charge on any atom is -0.310 e. The Hall–Kier alpha value is -5.92. The number of rotatable bonds is 4. The van der Waals surface area contributed by atoms with Crippen molar-refractivity contribution in [3.63, 3.8) is 0 Å². The molecule has 0 radical (unpaired) electrons. The van der Waals surface area contributed by atoms with Gasteiger partial charge in [-0.25, -0.2) is 0 Å². The van der Waals surface area contributed by atoms with E-state index in [1.165, 1.54) is 77.3 Å². The normalized spacial score (nSPS) is 13.4. The summed E-state index contributed by atoms with van der Waals surface area (Å²) in [6.07, 6.45) is 0. The highest BCUT2D eigenvalue weighted by molar-refractivity contribution is 6.16. The molecule has 1 nitrogen and oxygen atoms in total. The average molecular weight is 626 g/mol. The Kier molecular flexibility index (Phi) is 6.05. The summed E-state index contributed by atoms with van der Waals surface area (Å²) < 4.78 is 0. The highest BCUT2D eigenvalue weighted by Crippen LogP contribution is 2.65. The molecular formula is C48H35N. The SMILES string of the molecule is CC(C)c1ccc(N(c2ccccc2)c2cc3c(c4ccccc24)-c2c(ccc4ccccc24)C32c3ccccc3-c3ccccc32)cc1. The molecule has 0 aliphatic heterocycles. The van der Waals surface area contributed by atoms with E-state index in [1.807, 2.05) is 0 Å². The molecule has 0 saturated carbocycles. The first-order valence-corrected chi connectivity index (χ1v) is 17.4. The Morgan fingerprint density at radius 1 is 0.429 bits per heavy atom. The first-order chi connectivity index (χ1) is 24.2. The maximum atomic E-state index is 2.54. The Labute approximate surface area is 287 Å². The van der Waals surface area contributed by atoms with Gasteiger partial charge in [0.25, 0.3) is 0 Å². The number of hydrogen-bond donors (Lipinski definition) is 0. The number of nitrogens with zero attached hydrogens (tertiary/aromatic N) is 1. The maximum Gasteiger partial charge on any atom is 0.0726 e. The summed E-state index contributed by atoms with van der Waals surface area (Å²) >= 11 is 0. The monoisotopic (exact) mass is 625 g/mol. The number of benzene rings is 8. The second-order valence-electron chi connectivity index (χ2n) is 13.8. The summed E-state index contributed by atoms with van der Waals surface area (Å²) in [4.78, 5) is 2.47. The summed E-state index contributed by atoms with van der Waals surface area (Å²) in [6, 6.07) is 63.5. The van der Waals surface area contributed by atoms with Gasteiger partial charge in [0.2, 0.25) is 0 Å². The predicted molar refractivity (Wildman–Crippen MR) is 207 cm³/mol. The lowest BCUT2D eigenvalue weighted by Crippen LogP contribution is -2.26. The Morgan fingerprint density at radius 3 is 1.67 bits per heavy atom. The van der Waals surface area contributed by atoms with Crippen molar-refractivity contribution in [3.05, 3.63) is 198 Å². The second-order valence-corrected chi connectivity index (χ2v) is 13.8. The minimum absolute atomic E-state index is 0.454. The zero-order valence-corrected chi connectivity index (χ0v) is 27.7. The molecule has 0 unspecified atom stereocenters. The molecule has 0 fully saturated rings. The van der Waals surface area contributed by atoms with Crippen molar-refractivity contribution < 1.29 is 0 Å². The van der Waals surface area contributed by atoms with E-state index >= 15 is 0 Å². The van der Waals surface area contributed by atoms with Crippen LogP contribution in [-0.4, -0.2) is 0 Å². The smallest absolute Gasteiger partial charge is 0.0726 e. The summed E-state index contributed by atoms with van der Waals surface area (Å²) in [6.45, 7) is 4.52. The Balaban J connectivity index is 1.39. The van der Waals surface area contributed by atoms with E-state index in [9.17, 15) is 0 Å². The topological polar surface area (TPSA) is 3.24 Å². The van der Waals surface area contributed by atoms with Crippen LogP contribution in [0.25, 0.3) is 43.8 Å². The van der Waals surface area contributed by atoms with Crippen LogP contribution < -0.4 is 4.90 Å². The van der Waals surface area contributed by atoms with E-state index in [1.54, 1.807) is 0 Å². The zero-order chi connectivity index (χ0) is 32.7. The van der Waals surface area contributed by atoms with E-state index < -0.39 is 5.41 Å². The van der Waals surface area contributed by atoms with Crippen LogP contribution >= 0.6 is 0 Å². The molecule has 49 heavy (non-hydrogen) atoms. The van der Waals surface area contributed by atoms with E-state index in [0.717, 1.165) is 11.4 Å². The fourth-order valence-electron chi connectivity index (χ4n) is 8.93. The van der Waals surface area contributed by atoms with Crippen LogP contribution in [0.1, 0.15) is 47.6 Å². The van der Waals surface area contributed by atoms with Crippen LogP contribution in [0.2, 0.25) is 0 Å². The van der Waals surface area contributed by atoms with Gasteiger partial charge in [-0.1, -0.05) is 153 Å². The van der Waals surface area contributed by atoms with Crippen LogP contribution in [0.5, 0.6) is 0 Å². The molecule has 232 valence electrons. The molecule has 0 heterocycles. The molecule has 0 bridgehead atoms. The first kappa shape index (κ1) is 28.1. The van der Waals surface area contributed by atoms with Gasteiger partial charge >= 0.3 is 0 Å². The molecule has 8 aromatic carbocycles. The Bertz CT molecular complexity index is 2530. The average Bonchev–Trinajstić information content (AvgIpc) is 3.63. The van der Waals surface area contributed by atoms with E-state index in [4.69, 9.17) is 0 Å². The molecule has 0 saturated heterocycles. The molecule has 0 aromatic heterocycles. The Morgan fingerprint density at radius 2 is 0.980 bits per heavy atom. The molecular weight excluding hydrogens is 591 g/mol. The number of hydrogen-bond acceptors (Lipinski definition) is 1. The number of anilines is 3. The van der Waals surface area contributed by atoms with Crippen molar-refractivity contribution in [3.8, 4) is 22.3 Å². The van der Waals surface area contributed by atoms with Gasteiger partial charge < -0.3 is 4.90 Å². The van der Waals surface area contributed by atoms with Gasteiger partial charge in [0.15, 0.2) is 0 Å². The van der Waals surface area contributed by atoms with Gasteiger partial charge in [-0.3, -0.25) is 0 Å². The summed E-state index contributed by atoms with van der Waals surface area (Å²) in [5.74, 6) is 0.468. The highest BCUT2D eigenvalue weighted by Gasteiger charge is 2.52. The van der Waals surface area contributed by atoms with Crippen molar-refractivity contribution >= 4 is 38.6 Å². The summed E-state index contributed by atoms with van der Waals surface area (Å²) in [7, 11) is 0. The van der Waals surface area contributed by atoms with E-state index in [-0.39, 0.29) is 0 Å². The molecule has 0 N–H and O–H groups in total. The molecule has 0 atom stereocenters. The van der Waals surface area contributed by atoms with Gasteiger partial charge in [-0.15, -0.1) is 0 Å². The number of fused-ring (bicyclic) bond motifs is 14. The highest BCUT2D eigenvalue weighted by atomic mass is 15.1. The van der Waals surface area contributed by atoms with Crippen LogP contribution in [0.4, 0.5) is 17.1 Å². The van der Waals surface area contributed by atoms with Gasteiger partial charge in [0.05, 0.1) is 11.1 Å². The zero-order valence-electron chi connectivity index (χ0n) is 27.7. The first-order valence-electron chi connectivity index (χ1n) is 17.4. The van der Waals surface area contributed by atoms with Crippen molar-refractivity contribution in [2.75, 3.05) is 4.90 Å². The predicted octanol–water partition coefficient (Wildman–Crippen LogP) is 12.9. The van der Waals surface area contributed by atoms with Crippen molar-refractivity contribution in [1.82, 2.24) is 0 Å². The third-order valence-corrected chi connectivity index (χ3v) is 11.0. The molecule has 8 aromatic rings. The van der Waals surface area contributed by atoms with E-state index in [0.29, 0.717) is 5.92 Å². The van der Waals surface area contributed by atoms with Crippen LogP contribution in [0, 0.1) is 0 Å². The fraction of sp³-hybridized carbons (Fsp3) is 0.0833. The van der Waals surface area contributed by atoms with Gasteiger partial charge in [-0.2, -0.15) is 0 Å². The van der Waals surface area contributed by atoms with Crippen molar-refractivity contribution in [1.29, 1.82) is 0 Å². The van der Waals surface area contributed by atoms with Gasteiger partial charge in [-0.05, 0) is 102 Å². The van der Waals surface area contributed by atoms with Crippen LogP contribution in [0.15, 0.2) is 170 Å². The van der Waals surface area contributed by atoms with Crippen LogP contribution in [0.3, 0.4) is 0 Å². The summed E-state index contributed by atoms with van der Waals surface area (Å²) in [5.41, 5.74) is 15.2. The third kappa shape index (κ3) is 3.82. The molecule has 2 aliphatic rings. The number of para-hydroxylation sites is 1. The lowest BCUT2D eigenvalue weighted by molar-refractivity contribution is 0.795. The van der Waals surface area contributed by atoms with E-state index in [2.05, 4.69) is 189 Å². The minimum atomic E-state index is -0.454. The molecule has 1 spiro atoms. The van der Waals surface area contributed by atoms with Crippen molar-refractivity contribution in [2.45, 2.75) is 25.2 Å². The van der Waals surface area contributed by atoms with Gasteiger partial charge in [0.1, 0.15) is 0 Å². The lowest BCUT2D eigenvalue weighted by atomic mass is 9.70.